The number of amides is 3. The third-order valence-corrected chi connectivity index (χ3v) is 11.1. The predicted molar refractivity (Wildman–Crippen MR) is 253 cm³/mol. The van der Waals surface area contributed by atoms with Crippen LogP contribution in [-0.4, -0.2) is 86.2 Å². The standard InChI is InChI=1S/C50H52N6O10/c1-25(2)38-31-19-27(5)40(46(62)42(31)33(44(60)48(38)64)21-53-55-36(58)17-18-52-50(66)30-15-11-8-12-16-30)41-28(6)20-32-39(26(3)4)49(65)45(61)34(43(32)47(41)63)22-54-56-37(59)24-51-23-35(57)29-13-9-7-10-14-29/h7-16,19-22,25-26,51,60-65H,17-18,23-24H2,1-6H3,(H,52,66)(H,55,58)(H,56,59)/b53-21+,54-22+. The minimum Gasteiger partial charge on any atom is -0.507 e. The lowest BCUT2D eigenvalue weighted by Gasteiger charge is -2.23. The van der Waals surface area contributed by atoms with Crippen LogP contribution in [0.15, 0.2) is 83.0 Å². The molecule has 0 spiro atoms. The van der Waals surface area contributed by atoms with Gasteiger partial charge in [0.1, 0.15) is 11.5 Å². The van der Waals surface area contributed by atoms with Gasteiger partial charge in [-0.1, -0.05) is 88.4 Å². The molecule has 6 aromatic carbocycles. The maximum Gasteiger partial charge on any atom is 0.254 e. The fraction of sp³-hybridized carbons (Fsp3) is 0.240. The zero-order chi connectivity index (χ0) is 48.0. The number of hydrogen-bond donors (Lipinski definition) is 10. The number of nitrogens with zero attached hydrogens (tertiary/aromatic N) is 2. The maximum atomic E-state index is 12.7. The number of hydrazone groups is 2. The Morgan fingerprint density at radius 2 is 1.02 bits per heavy atom. The van der Waals surface area contributed by atoms with E-state index in [1.165, 1.54) is 0 Å². The molecule has 0 aliphatic rings. The molecule has 0 fully saturated rings. The Morgan fingerprint density at radius 3 is 1.47 bits per heavy atom. The van der Waals surface area contributed by atoms with Crippen LogP contribution in [0.1, 0.15) is 100 Å². The molecular weight excluding hydrogens is 845 g/mol. The first-order valence-electron chi connectivity index (χ1n) is 21.2. The van der Waals surface area contributed by atoms with Crippen LogP contribution in [0.4, 0.5) is 0 Å². The van der Waals surface area contributed by atoms with Gasteiger partial charge in [-0.2, -0.15) is 10.2 Å². The van der Waals surface area contributed by atoms with Crippen molar-refractivity contribution in [2.75, 3.05) is 19.6 Å². The molecule has 6 rings (SSSR count). The van der Waals surface area contributed by atoms with Crippen molar-refractivity contribution in [2.24, 2.45) is 10.2 Å². The van der Waals surface area contributed by atoms with Crippen molar-refractivity contribution in [3.63, 3.8) is 0 Å². The fourth-order valence-electron chi connectivity index (χ4n) is 8.05. The first-order valence-corrected chi connectivity index (χ1v) is 21.2. The number of phenolic OH excluding ortho intramolecular Hbond substituents is 6. The van der Waals surface area contributed by atoms with Gasteiger partial charge in [0, 0.05) is 57.1 Å². The van der Waals surface area contributed by atoms with Gasteiger partial charge < -0.3 is 41.3 Å². The molecule has 0 atom stereocenters. The summed E-state index contributed by atoms with van der Waals surface area (Å²) in [6.07, 6.45) is 1.99. The summed E-state index contributed by atoms with van der Waals surface area (Å²) in [5.41, 5.74) is 6.96. The number of rotatable bonds is 16. The number of Topliss-reactive ketones (excluding diaryl/α,β-unsaturated/α-hetero) is 1. The molecule has 10 N–H and O–H groups in total. The molecule has 0 aromatic heterocycles. The molecular formula is C50H52N6O10. The van der Waals surface area contributed by atoms with Gasteiger partial charge in [0.25, 0.3) is 11.8 Å². The third kappa shape index (κ3) is 9.73. The Bertz CT molecular complexity index is 2730. The number of nitrogens with one attached hydrogen (secondary N) is 4. The van der Waals surface area contributed by atoms with E-state index >= 15 is 0 Å². The van der Waals surface area contributed by atoms with Gasteiger partial charge >= 0.3 is 0 Å². The molecule has 3 amide bonds. The van der Waals surface area contributed by atoms with Crippen molar-refractivity contribution in [1.82, 2.24) is 21.5 Å². The van der Waals surface area contributed by atoms with Crippen LogP contribution in [0.2, 0.25) is 0 Å². The summed E-state index contributed by atoms with van der Waals surface area (Å²) >= 11 is 0. The molecule has 66 heavy (non-hydrogen) atoms. The van der Waals surface area contributed by atoms with Crippen molar-refractivity contribution >= 4 is 57.5 Å². The van der Waals surface area contributed by atoms with Crippen LogP contribution in [0.3, 0.4) is 0 Å². The number of fused-ring (bicyclic) bond motifs is 2. The third-order valence-electron chi connectivity index (χ3n) is 11.1. The zero-order valence-electron chi connectivity index (χ0n) is 37.3. The molecule has 6 aromatic rings. The van der Waals surface area contributed by atoms with Crippen LogP contribution < -0.4 is 21.5 Å². The number of ketones is 1. The van der Waals surface area contributed by atoms with E-state index in [9.17, 15) is 49.8 Å². The molecule has 0 aliphatic carbocycles. The van der Waals surface area contributed by atoms with Crippen LogP contribution in [0, 0.1) is 13.8 Å². The minimum atomic E-state index is -0.638. The lowest BCUT2D eigenvalue weighted by molar-refractivity contribution is -0.121. The van der Waals surface area contributed by atoms with E-state index in [1.54, 1.807) is 114 Å². The summed E-state index contributed by atoms with van der Waals surface area (Å²) in [5, 5.41) is 84.4. The van der Waals surface area contributed by atoms with Crippen molar-refractivity contribution in [1.29, 1.82) is 0 Å². The molecule has 0 radical (unpaired) electrons. The predicted octanol–water partition coefficient (Wildman–Crippen LogP) is 6.95. The second-order valence-electron chi connectivity index (χ2n) is 16.4. The monoisotopic (exact) mass is 896 g/mol. The van der Waals surface area contributed by atoms with E-state index in [2.05, 4.69) is 31.7 Å². The van der Waals surface area contributed by atoms with Gasteiger partial charge in [-0.15, -0.1) is 0 Å². The van der Waals surface area contributed by atoms with Gasteiger partial charge in [0.15, 0.2) is 28.8 Å². The summed E-state index contributed by atoms with van der Waals surface area (Å²) in [6, 6.07) is 20.4. The van der Waals surface area contributed by atoms with Gasteiger partial charge in [-0.05, 0) is 59.7 Å². The molecule has 16 heteroatoms. The first-order chi connectivity index (χ1) is 31.4. The van der Waals surface area contributed by atoms with Crippen LogP contribution >= 0.6 is 0 Å². The van der Waals surface area contributed by atoms with Gasteiger partial charge in [-0.3, -0.25) is 19.2 Å². The quantitative estimate of drug-likeness (QED) is 0.0206. The summed E-state index contributed by atoms with van der Waals surface area (Å²) in [7, 11) is 0. The number of carbonyl (C=O) groups excluding carboxylic acids is 4. The SMILES string of the molecule is Cc1cc2c(C(C)C)c(O)c(O)c(/C=N/NC(=O)CCNC(=O)c3ccccc3)c2c(O)c1-c1c(C)cc2c(C(C)C)c(O)c(O)c(/C=N/NC(=O)CNCC(=O)c3ccccc3)c2c1O. The largest absolute Gasteiger partial charge is 0.507 e. The molecule has 342 valence electrons. The lowest BCUT2D eigenvalue weighted by Crippen LogP contribution is -2.34. The highest BCUT2D eigenvalue weighted by Crippen LogP contribution is 2.54. The van der Waals surface area contributed by atoms with Gasteiger partial charge in [-0.25, -0.2) is 10.9 Å². The van der Waals surface area contributed by atoms with E-state index in [4.69, 9.17) is 0 Å². The lowest BCUT2D eigenvalue weighted by atomic mass is 9.83. The van der Waals surface area contributed by atoms with E-state index in [1.807, 2.05) is 0 Å². The Kier molecular flexibility index (Phi) is 14.6. The fourth-order valence-corrected chi connectivity index (χ4v) is 8.05. The number of hydrogen-bond acceptors (Lipinski definition) is 13. The van der Waals surface area contributed by atoms with Crippen molar-refractivity contribution < 1.29 is 49.8 Å². The van der Waals surface area contributed by atoms with Crippen LogP contribution in [-0.2, 0) is 9.59 Å². The first kappa shape index (κ1) is 47.5. The average molecular weight is 897 g/mol. The van der Waals surface area contributed by atoms with Crippen molar-refractivity contribution in [3.8, 4) is 45.6 Å². The Morgan fingerprint density at radius 1 is 0.576 bits per heavy atom. The average Bonchev–Trinajstić information content (AvgIpc) is 3.27. The highest BCUT2D eigenvalue weighted by Gasteiger charge is 2.30. The van der Waals surface area contributed by atoms with E-state index in [0.29, 0.717) is 44.2 Å². The molecule has 0 heterocycles. The van der Waals surface area contributed by atoms with Crippen LogP contribution in [0.5, 0.6) is 34.5 Å². The smallest absolute Gasteiger partial charge is 0.254 e. The summed E-state index contributed by atoms with van der Waals surface area (Å²) in [4.78, 5) is 50.3. The normalized spacial score (nSPS) is 11.6. The number of benzene rings is 6. The number of phenols is 6. The minimum absolute atomic E-state index is 0.000351. The second-order valence-corrected chi connectivity index (χ2v) is 16.4. The zero-order valence-corrected chi connectivity index (χ0v) is 37.3. The summed E-state index contributed by atoms with van der Waals surface area (Å²) in [5.74, 6) is -5.58. The summed E-state index contributed by atoms with van der Waals surface area (Å²) in [6.45, 7) is 10.1. The second kappa shape index (κ2) is 20.2. The molecule has 0 saturated carbocycles. The molecule has 0 bridgehead atoms. The molecule has 16 nitrogen and oxygen atoms in total. The van der Waals surface area contributed by atoms with E-state index in [0.717, 1.165) is 12.4 Å². The van der Waals surface area contributed by atoms with Crippen molar-refractivity contribution in [3.05, 3.63) is 117 Å². The highest BCUT2D eigenvalue weighted by atomic mass is 16.3. The molecule has 0 aliphatic heterocycles. The Balaban J connectivity index is 1.39. The van der Waals surface area contributed by atoms with E-state index in [-0.39, 0.29) is 82.6 Å². The molecule has 0 saturated heterocycles. The Hall–Kier alpha value is -7.98. The molecule has 0 unspecified atom stereocenters. The van der Waals surface area contributed by atoms with Crippen LogP contribution in [0.25, 0.3) is 32.7 Å². The summed E-state index contributed by atoms with van der Waals surface area (Å²) < 4.78 is 0. The van der Waals surface area contributed by atoms with Gasteiger partial charge in [0.05, 0.1) is 36.6 Å². The Labute approximate surface area is 380 Å². The topological polar surface area (TPSA) is 262 Å². The van der Waals surface area contributed by atoms with Crippen molar-refractivity contribution in [2.45, 2.75) is 59.8 Å². The highest BCUT2D eigenvalue weighted by molar-refractivity contribution is 6.15. The number of carbonyl (C=O) groups is 4. The van der Waals surface area contributed by atoms with Gasteiger partial charge in [0.2, 0.25) is 5.91 Å². The van der Waals surface area contributed by atoms with E-state index < -0.39 is 46.3 Å². The maximum absolute atomic E-state index is 12.7. The number of aryl methyl sites for hydroxylation is 2. The number of aromatic hydroxyl groups is 6.